The number of fused-ring (bicyclic) bond motifs is 8. The van der Waals surface area contributed by atoms with Gasteiger partial charge in [-0.25, -0.2) is 0 Å². The second-order valence-corrected chi connectivity index (χ2v) is 15.1. The maximum absolute atomic E-state index is 6.29. The third kappa shape index (κ3) is 5.32. The van der Waals surface area contributed by atoms with Crippen LogP contribution in [-0.4, -0.2) is 0 Å². The molecule has 0 aliphatic heterocycles. The Bertz CT molecular complexity index is 3190. The quantitative estimate of drug-likeness (QED) is 0.170. The number of nitrogens with zero attached hydrogens (tertiary/aromatic N) is 1. The fourth-order valence-electron chi connectivity index (χ4n) is 8.23. The lowest BCUT2D eigenvalue weighted by molar-refractivity contribution is 0.669. The van der Waals surface area contributed by atoms with Gasteiger partial charge in [-0.1, -0.05) is 146 Å². The number of hydrogen-bond acceptors (Lipinski definition) is 3. The molecule has 0 saturated heterocycles. The summed E-state index contributed by atoms with van der Waals surface area (Å²) in [5.41, 5.74) is 12.3. The minimum absolute atomic E-state index is 0.913. The Morgan fingerprint density at radius 3 is 1.85 bits per heavy atom. The Hall–Kier alpha value is -6.94. The number of benzene rings is 9. The zero-order valence-corrected chi connectivity index (χ0v) is 30.6. The minimum Gasteiger partial charge on any atom is -0.456 e. The zero-order valence-electron chi connectivity index (χ0n) is 29.8. The summed E-state index contributed by atoms with van der Waals surface area (Å²) in [4.78, 5) is 2.46. The largest absolute Gasteiger partial charge is 0.456 e. The normalized spacial score (nSPS) is 11.6. The molecule has 0 spiro atoms. The van der Waals surface area contributed by atoms with E-state index in [0.29, 0.717) is 0 Å². The Labute approximate surface area is 322 Å². The van der Waals surface area contributed by atoms with E-state index >= 15 is 0 Å². The van der Waals surface area contributed by atoms with Crippen LogP contribution in [0, 0.1) is 0 Å². The summed E-state index contributed by atoms with van der Waals surface area (Å²) in [6.07, 6.45) is 0. The molecule has 2 nitrogen and oxygen atoms in total. The van der Waals surface area contributed by atoms with Gasteiger partial charge < -0.3 is 9.32 Å². The summed E-state index contributed by atoms with van der Waals surface area (Å²) in [5, 5.41) is 7.27. The molecule has 55 heavy (non-hydrogen) atoms. The van der Waals surface area contributed by atoms with E-state index in [0.717, 1.165) is 55.7 Å². The van der Waals surface area contributed by atoms with Crippen LogP contribution in [0.25, 0.3) is 86.3 Å². The van der Waals surface area contributed by atoms with E-state index in [4.69, 9.17) is 4.42 Å². The van der Waals surface area contributed by atoms with Crippen LogP contribution in [0.5, 0.6) is 0 Å². The molecule has 3 heteroatoms. The van der Waals surface area contributed by atoms with E-state index in [1.165, 1.54) is 47.6 Å². The molecule has 0 N–H and O–H groups in total. The molecule has 0 bridgehead atoms. The Morgan fingerprint density at radius 1 is 0.382 bits per heavy atom. The number of hydrogen-bond donors (Lipinski definition) is 0. The van der Waals surface area contributed by atoms with Crippen LogP contribution in [0.15, 0.2) is 205 Å². The Kier molecular flexibility index (Phi) is 7.39. The van der Waals surface area contributed by atoms with Gasteiger partial charge in [-0.05, 0) is 93.2 Å². The smallest absolute Gasteiger partial charge is 0.136 e. The number of anilines is 3. The van der Waals surface area contributed by atoms with Crippen LogP contribution >= 0.6 is 11.3 Å². The highest BCUT2D eigenvalue weighted by Crippen LogP contribution is 2.48. The average molecular weight is 720 g/mol. The molecule has 11 rings (SSSR count). The first kappa shape index (κ1) is 31.6. The van der Waals surface area contributed by atoms with Gasteiger partial charge >= 0.3 is 0 Å². The zero-order chi connectivity index (χ0) is 36.3. The van der Waals surface area contributed by atoms with Gasteiger partial charge in [-0.3, -0.25) is 0 Å². The van der Waals surface area contributed by atoms with Crippen LogP contribution in [0.1, 0.15) is 0 Å². The van der Waals surface area contributed by atoms with E-state index in [-0.39, 0.29) is 0 Å². The van der Waals surface area contributed by atoms with Crippen molar-refractivity contribution in [2.75, 3.05) is 4.90 Å². The summed E-state index contributed by atoms with van der Waals surface area (Å²) in [6, 6.07) is 72.3. The van der Waals surface area contributed by atoms with Gasteiger partial charge in [0, 0.05) is 37.5 Å². The van der Waals surface area contributed by atoms with E-state index in [2.05, 4.69) is 199 Å². The van der Waals surface area contributed by atoms with Crippen molar-refractivity contribution < 1.29 is 4.42 Å². The third-order valence-electron chi connectivity index (χ3n) is 10.9. The molecule has 0 aliphatic rings. The van der Waals surface area contributed by atoms with Gasteiger partial charge in [0.2, 0.25) is 0 Å². The molecule has 0 radical (unpaired) electrons. The molecule has 0 aliphatic carbocycles. The van der Waals surface area contributed by atoms with E-state index in [1.807, 2.05) is 17.4 Å². The summed E-state index contributed by atoms with van der Waals surface area (Å²) in [7, 11) is 0. The number of rotatable bonds is 6. The molecule has 2 heterocycles. The van der Waals surface area contributed by atoms with Crippen molar-refractivity contribution in [3.05, 3.63) is 200 Å². The van der Waals surface area contributed by atoms with E-state index in [9.17, 15) is 0 Å². The summed E-state index contributed by atoms with van der Waals surface area (Å²) in [5.74, 6) is 0. The average Bonchev–Trinajstić information content (AvgIpc) is 3.84. The highest BCUT2D eigenvalue weighted by atomic mass is 32.1. The second-order valence-electron chi connectivity index (χ2n) is 14.1. The molecule has 0 amide bonds. The van der Waals surface area contributed by atoms with Gasteiger partial charge in [0.1, 0.15) is 11.2 Å². The predicted molar refractivity (Wildman–Crippen MR) is 235 cm³/mol. The van der Waals surface area contributed by atoms with Crippen LogP contribution in [0.3, 0.4) is 0 Å². The molecule has 9 aromatic carbocycles. The number of furan rings is 1. The standard InChI is InChI=1S/C52H33NOS/c1-3-12-34(13-4-1)35-24-28-40(29-25-35)53(47-19-11-18-42-41-16-8-10-21-50(41)55-52(42)47)46-30-26-39(32-44(46)36-14-5-2-6-15-36)38-23-22-37-27-31-49-51(45(37)33-38)43-17-7-9-20-48(43)54-49/h1-33H. The second kappa shape index (κ2) is 12.9. The predicted octanol–water partition coefficient (Wildman–Crippen LogP) is 15.6. The maximum atomic E-state index is 6.29. The van der Waals surface area contributed by atoms with Crippen LogP contribution < -0.4 is 4.90 Å². The highest BCUT2D eigenvalue weighted by Gasteiger charge is 2.22. The van der Waals surface area contributed by atoms with Crippen LogP contribution in [-0.2, 0) is 0 Å². The van der Waals surface area contributed by atoms with Gasteiger partial charge in [-0.15, -0.1) is 11.3 Å². The molecule has 0 unspecified atom stereocenters. The molecule has 0 fully saturated rings. The fourth-order valence-corrected chi connectivity index (χ4v) is 9.44. The Balaban J connectivity index is 1.14. The molecule has 0 saturated carbocycles. The Morgan fingerprint density at radius 2 is 1.02 bits per heavy atom. The van der Waals surface area contributed by atoms with Gasteiger partial charge in [0.05, 0.1) is 16.1 Å². The third-order valence-corrected chi connectivity index (χ3v) is 12.1. The van der Waals surface area contributed by atoms with Gasteiger partial charge in [-0.2, -0.15) is 0 Å². The SMILES string of the molecule is c1ccc(-c2ccc(N(c3ccc(-c4ccc5ccc6oc7ccccc7c6c5c4)cc3-c3ccccc3)c3cccc4c3sc3ccccc34)cc2)cc1. The molecule has 2 aromatic heterocycles. The summed E-state index contributed by atoms with van der Waals surface area (Å²) < 4.78 is 8.85. The monoisotopic (exact) mass is 719 g/mol. The summed E-state index contributed by atoms with van der Waals surface area (Å²) >= 11 is 1.86. The van der Waals surface area contributed by atoms with Crippen molar-refractivity contribution in [1.29, 1.82) is 0 Å². The molecule has 258 valence electrons. The van der Waals surface area contributed by atoms with Crippen molar-refractivity contribution in [3.63, 3.8) is 0 Å². The van der Waals surface area contributed by atoms with Gasteiger partial charge in [0.25, 0.3) is 0 Å². The van der Waals surface area contributed by atoms with Crippen molar-refractivity contribution in [3.8, 4) is 33.4 Å². The lowest BCUT2D eigenvalue weighted by Gasteiger charge is -2.29. The molecular weight excluding hydrogens is 687 g/mol. The van der Waals surface area contributed by atoms with Crippen molar-refractivity contribution in [1.82, 2.24) is 0 Å². The first-order chi connectivity index (χ1) is 27.3. The van der Waals surface area contributed by atoms with Crippen molar-refractivity contribution in [2.45, 2.75) is 0 Å². The minimum atomic E-state index is 0.913. The summed E-state index contributed by atoms with van der Waals surface area (Å²) in [6.45, 7) is 0. The van der Waals surface area contributed by atoms with Crippen LogP contribution in [0.2, 0.25) is 0 Å². The first-order valence-electron chi connectivity index (χ1n) is 18.7. The maximum Gasteiger partial charge on any atom is 0.136 e. The first-order valence-corrected chi connectivity index (χ1v) is 19.5. The molecule has 0 atom stereocenters. The molecular formula is C52H33NOS. The fraction of sp³-hybridized carbons (Fsp3) is 0. The van der Waals surface area contributed by atoms with E-state index < -0.39 is 0 Å². The van der Waals surface area contributed by atoms with Crippen molar-refractivity contribution in [2.24, 2.45) is 0 Å². The highest BCUT2D eigenvalue weighted by molar-refractivity contribution is 7.26. The van der Waals surface area contributed by atoms with Gasteiger partial charge in [0.15, 0.2) is 0 Å². The lowest BCUT2D eigenvalue weighted by Crippen LogP contribution is -2.11. The van der Waals surface area contributed by atoms with Crippen molar-refractivity contribution >= 4 is 81.3 Å². The molecule has 11 aromatic rings. The number of para-hydroxylation sites is 1. The topological polar surface area (TPSA) is 16.4 Å². The van der Waals surface area contributed by atoms with E-state index in [1.54, 1.807) is 0 Å². The number of thiophene rings is 1. The van der Waals surface area contributed by atoms with Crippen LogP contribution in [0.4, 0.5) is 17.1 Å². The lowest BCUT2D eigenvalue weighted by atomic mass is 9.94.